The molecular weight excluding hydrogens is 212 g/mol. The van der Waals surface area contributed by atoms with Crippen LogP contribution in [0, 0.1) is 4.77 Å². The molecule has 15 heavy (non-hydrogen) atoms. The van der Waals surface area contributed by atoms with Crippen LogP contribution < -0.4 is 0 Å². The summed E-state index contributed by atoms with van der Waals surface area (Å²) in [7, 11) is 0. The first kappa shape index (κ1) is 11.9. The normalized spacial score (nSPS) is 10.3. The van der Waals surface area contributed by atoms with E-state index in [1.54, 1.807) is 10.9 Å². The van der Waals surface area contributed by atoms with E-state index in [0.29, 0.717) is 17.7 Å². The lowest BCUT2D eigenvalue weighted by atomic mass is 10.3. The van der Waals surface area contributed by atoms with E-state index in [1.807, 2.05) is 18.7 Å². The van der Waals surface area contributed by atoms with Crippen molar-refractivity contribution in [1.82, 2.24) is 19.7 Å². The van der Waals surface area contributed by atoms with Gasteiger partial charge in [-0.05, 0) is 26.1 Å². The summed E-state index contributed by atoms with van der Waals surface area (Å²) in [5.41, 5.74) is 0. The van der Waals surface area contributed by atoms with Crippen LogP contribution in [0.2, 0.25) is 0 Å². The molecule has 0 unspecified atom stereocenters. The van der Waals surface area contributed by atoms with E-state index < -0.39 is 0 Å². The molecule has 0 saturated carbocycles. The second-order valence-corrected chi connectivity index (χ2v) is 3.56. The third-order valence-corrected chi connectivity index (χ3v) is 2.63. The minimum atomic E-state index is 0.156. The molecule has 1 amide bonds. The smallest absolute Gasteiger partial charge is 0.224 e. The molecule has 0 aliphatic carbocycles. The van der Waals surface area contributed by atoms with Crippen molar-refractivity contribution in [3.8, 4) is 0 Å². The highest BCUT2D eigenvalue weighted by Crippen LogP contribution is 1.97. The molecular formula is C9H16N4OS. The number of aromatic amines is 1. The molecule has 0 aromatic carbocycles. The van der Waals surface area contributed by atoms with Gasteiger partial charge in [0.05, 0.1) is 0 Å². The Morgan fingerprint density at radius 2 is 2.27 bits per heavy atom. The Kier molecular flexibility index (Phi) is 4.48. The molecule has 1 rings (SSSR count). The molecule has 0 saturated heterocycles. The number of rotatable bonds is 5. The summed E-state index contributed by atoms with van der Waals surface area (Å²) in [6.45, 7) is 6.05. The summed E-state index contributed by atoms with van der Waals surface area (Å²) in [5, 5.41) is 6.45. The number of nitrogens with one attached hydrogen (secondary N) is 1. The molecule has 84 valence electrons. The van der Waals surface area contributed by atoms with Crippen molar-refractivity contribution < 1.29 is 4.79 Å². The quantitative estimate of drug-likeness (QED) is 0.770. The molecule has 1 aromatic rings. The second kappa shape index (κ2) is 5.65. The van der Waals surface area contributed by atoms with Gasteiger partial charge < -0.3 is 9.47 Å². The van der Waals surface area contributed by atoms with Crippen molar-refractivity contribution >= 4 is 18.1 Å². The zero-order chi connectivity index (χ0) is 11.3. The Morgan fingerprint density at radius 3 is 2.73 bits per heavy atom. The molecule has 0 bridgehead atoms. The molecule has 5 nitrogen and oxygen atoms in total. The average Bonchev–Trinajstić information content (AvgIpc) is 2.63. The van der Waals surface area contributed by atoms with Crippen molar-refractivity contribution in [3.63, 3.8) is 0 Å². The van der Waals surface area contributed by atoms with Crippen LogP contribution in [0.4, 0.5) is 0 Å². The SMILES string of the molecule is CCN(CC)C(=O)CCn1cn[nH]c1=S. The first-order chi connectivity index (χ1) is 7.19. The molecule has 1 aromatic heterocycles. The average molecular weight is 228 g/mol. The molecule has 6 heteroatoms. The molecule has 0 spiro atoms. The lowest BCUT2D eigenvalue weighted by Gasteiger charge is -2.18. The van der Waals surface area contributed by atoms with Gasteiger partial charge in [0.15, 0.2) is 4.77 Å². The fourth-order valence-corrected chi connectivity index (χ4v) is 1.57. The summed E-state index contributed by atoms with van der Waals surface area (Å²) in [6, 6.07) is 0. The van der Waals surface area contributed by atoms with Gasteiger partial charge in [-0.25, -0.2) is 0 Å². The number of hydrogen-bond acceptors (Lipinski definition) is 3. The van der Waals surface area contributed by atoms with E-state index in [9.17, 15) is 4.79 Å². The summed E-state index contributed by atoms with van der Waals surface area (Å²) in [5.74, 6) is 0.156. The Hall–Kier alpha value is -1.17. The fourth-order valence-electron chi connectivity index (χ4n) is 1.38. The maximum Gasteiger partial charge on any atom is 0.224 e. The highest BCUT2D eigenvalue weighted by Gasteiger charge is 2.09. The predicted molar refractivity (Wildman–Crippen MR) is 60.0 cm³/mol. The Morgan fingerprint density at radius 1 is 1.60 bits per heavy atom. The van der Waals surface area contributed by atoms with E-state index >= 15 is 0 Å². The number of H-pyrrole nitrogens is 1. The van der Waals surface area contributed by atoms with Crippen LogP contribution in [-0.4, -0.2) is 38.7 Å². The maximum absolute atomic E-state index is 11.7. The largest absolute Gasteiger partial charge is 0.343 e. The summed E-state index contributed by atoms with van der Waals surface area (Å²) < 4.78 is 2.32. The van der Waals surface area contributed by atoms with Crippen LogP contribution in [0.15, 0.2) is 6.33 Å². The van der Waals surface area contributed by atoms with Gasteiger partial charge in [0.25, 0.3) is 0 Å². The van der Waals surface area contributed by atoms with Gasteiger partial charge in [-0.3, -0.25) is 9.89 Å². The molecule has 0 fully saturated rings. The second-order valence-electron chi connectivity index (χ2n) is 3.17. The van der Waals surface area contributed by atoms with Gasteiger partial charge in [-0.15, -0.1) is 0 Å². The summed E-state index contributed by atoms with van der Waals surface area (Å²) in [4.78, 5) is 13.5. The Labute approximate surface area is 94.1 Å². The first-order valence-electron chi connectivity index (χ1n) is 5.06. The molecule has 0 aliphatic rings. The molecule has 0 radical (unpaired) electrons. The lowest BCUT2D eigenvalue weighted by molar-refractivity contribution is -0.131. The number of amides is 1. The van der Waals surface area contributed by atoms with Crippen molar-refractivity contribution in [1.29, 1.82) is 0 Å². The van der Waals surface area contributed by atoms with E-state index in [-0.39, 0.29) is 5.91 Å². The number of carbonyl (C=O) groups excluding carboxylic acids is 1. The minimum absolute atomic E-state index is 0.156. The number of carbonyl (C=O) groups is 1. The molecule has 0 atom stereocenters. The zero-order valence-corrected chi connectivity index (χ0v) is 9.88. The van der Waals surface area contributed by atoms with Gasteiger partial charge >= 0.3 is 0 Å². The maximum atomic E-state index is 11.7. The summed E-state index contributed by atoms with van der Waals surface area (Å²) >= 11 is 4.98. The van der Waals surface area contributed by atoms with Crippen LogP contribution >= 0.6 is 12.2 Å². The van der Waals surface area contributed by atoms with E-state index in [1.165, 1.54) is 0 Å². The third kappa shape index (κ3) is 3.16. The van der Waals surface area contributed by atoms with Crippen LogP contribution in [0.3, 0.4) is 0 Å². The standard InChI is InChI=1S/C9H16N4OS/c1-3-12(4-2)8(14)5-6-13-7-10-11-9(13)15/h7H,3-6H2,1-2H3,(H,11,15). The van der Waals surface area contributed by atoms with Gasteiger partial charge in [-0.2, -0.15) is 5.10 Å². The minimum Gasteiger partial charge on any atom is -0.343 e. The number of hydrogen-bond donors (Lipinski definition) is 1. The first-order valence-corrected chi connectivity index (χ1v) is 5.47. The fraction of sp³-hybridized carbons (Fsp3) is 0.667. The van der Waals surface area contributed by atoms with E-state index in [0.717, 1.165) is 13.1 Å². The van der Waals surface area contributed by atoms with Crippen LogP contribution in [0.25, 0.3) is 0 Å². The predicted octanol–water partition coefficient (Wildman–Crippen LogP) is 1.20. The topological polar surface area (TPSA) is 53.9 Å². The van der Waals surface area contributed by atoms with Crippen molar-refractivity contribution in [2.75, 3.05) is 13.1 Å². The highest BCUT2D eigenvalue weighted by molar-refractivity contribution is 7.71. The van der Waals surface area contributed by atoms with Crippen molar-refractivity contribution in [2.24, 2.45) is 0 Å². The number of nitrogens with zero attached hydrogens (tertiary/aromatic N) is 3. The Balaban J connectivity index is 2.47. The number of aromatic nitrogens is 3. The van der Waals surface area contributed by atoms with Gasteiger partial charge in [0.2, 0.25) is 5.91 Å². The number of aryl methyl sites for hydroxylation is 1. The monoisotopic (exact) mass is 228 g/mol. The highest BCUT2D eigenvalue weighted by atomic mass is 32.1. The lowest BCUT2D eigenvalue weighted by Crippen LogP contribution is -2.31. The van der Waals surface area contributed by atoms with Gasteiger partial charge in [0, 0.05) is 26.1 Å². The third-order valence-electron chi connectivity index (χ3n) is 2.30. The Bertz CT molecular complexity index is 366. The zero-order valence-electron chi connectivity index (χ0n) is 9.06. The van der Waals surface area contributed by atoms with Crippen LogP contribution in [-0.2, 0) is 11.3 Å². The van der Waals surface area contributed by atoms with E-state index in [4.69, 9.17) is 12.2 Å². The van der Waals surface area contributed by atoms with Crippen LogP contribution in [0.1, 0.15) is 20.3 Å². The summed E-state index contributed by atoms with van der Waals surface area (Å²) in [6.07, 6.45) is 2.08. The van der Waals surface area contributed by atoms with Crippen LogP contribution in [0.5, 0.6) is 0 Å². The van der Waals surface area contributed by atoms with Crippen molar-refractivity contribution in [2.45, 2.75) is 26.8 Å². The van der Waals surface area contributed by atoms with Crippen molar-refractivity contribution in [3.05, 3.63) is 11.1 Å². The van der Waals surface area contributed by atoms with E-state index in [2.05, 4.69) is 10.2 Å². The van der Waals surface area contributed by atoms with Gasteiger partial charge in [0.1, 0.15) is 6.33 Å². The molecule has 0 aliphatic heterocycles. The molecule has 1 heterocycles. The van der Waals surface area contributed by atoms with Gasteiger partial charge in [-0.1, -0.05) is 0 Å². The molecule has 1 N–H and O–H groups in total.